The number of fused-ring (bicyclic) bond motifs is 1. The number of hydrogen-bond donors (Lipinski definition) is 1. The van der Waals surface area contributed by atoms with Crippen molar-refractivity contribution < 1.29 is 18.0 Å². The molecule has 0 aliphatic carbocycles. The van der Waals surface area contributed by atoms with Gasteiger partial charge >= 0.3 is 17.3 Å². The average Bonchev–Trinajstić information content (AvgIpc) is 2.91. The number of amides is 1. The number of anilines is 1. The number of hydrogen-bond acceptors (Lipinski definition) is 5. The Labute approximate surface area is 256 Å². The van der Waals surface area contributed by atoms with Gasteiger partial charge in [-0.3, -0.25) is 19.0 Å². The van der Waals surface area contributed by atoms with Crippen LogP contribution in [0.4, 0.5) is 19.0 Å². The third-order valence-corrected chi connectivity index (χ3v) is 8.31. The number of rotatable bonds is 6. The van der Waals surface area contributed by atoms with E-state index >= 15 is 0 Å². The Balaban J connectivity index is 1.86. The highest BCUT2D eigenvalue weighted by Crippen LogP contribution is 2.42. The second kappa shape index (κ2) is 11.3. The van der Waals surface area contributed by atoms with E-state index in [2.05, 4.69) is 11.6 Å². The number of carbonyl (C=O) groups excluding carboxylic acids is 1. The lowest BCUT2D eigenvalue weighted by Crippen LogP contribution is -2.52. The Kier molecular flexibility index (Phi) is 7.96. The molecule has 0 spiro atoms. The molecule has 5 rings (SSSR count). The van der Waals surface area contributed by atoms with E-state index in [1.807, 2.05) is 26.0 Å². The molecule has 8 nitrogen and oxygen atoms in total. The number of para-hydroxylation sites is 1. The summed E-state index contributed by atoms with van der Waals surface area (Å²) >= 11 is 6.69. The zero-order chi connectivity index (χ0) is 32.2. The van der Waals surface area contributed by atoms with Crippen LogP contribution in [0, 0.1) is 19.8 Å². The molecule has 0 unspecified atom stereocenters. The molecule has 12 heteroatoms. The summed E-state index contributed by atoms with van der Waals surface area (Å²) in [4.78, 5) is 45.4. The Morgan fingerprint density at radius 2 is 1.80 bits per heavy atom. The number of nitrogens with two attached hydrogens (primary N) is 1. The van der Waals surface area contributed by atoms with Crippen LogP contribution in [-0.4, -0.2) is 38.0 Å². The van der Waals surface area contributed by atoms with E-state index in [1.165, 1.54) is 34.3 Å². The number of alkyl halides is 3. The third-order valence-electron chi connectivity index (χ3n) is 8.00. The zero-order valence-corrected chi connectivity index (χ0v) is 25.4. The van der Waals surface area contributed by atoms with Gasteiger partial charge in [-0.2, -0.15) is 13.2 Å². The first kappa shape index (κ1) is 31.1. The molecule has 1 saturated heterocycles. The van der Waals surface area contributed by atoms with E-state index in [-0.39, 0.29) is 57.3 Å². The first-order valence-corrected chi connectivity index (χ1v) is 14.4. The van der Waals surface area contributed by atoms with Crippen LogP contribution < -0.4 is 16.9 Å². The van der Waals surface area contributed by atoms with Crippen molar-refractivity contribution in [2.75, 3.05) is 18.8 Å². The standard InChI is InChI=1S/C32H31ClF3N5O3/c1-6-26(42)39-13-19(14-39)15-40-23-12-22(33)21(28-27(32(34,35)36)18(5)10-25(37)38-28)11-24(23)41(31(44)30(40)43)29-17(4)8-7-9-20(29)16(2)3/h6-12,16,19H,1,13-15H2,2-5H3,(H2,37,38). The van der Waals surface area contributed by atoms with Crippen LogP contribution in [0.25, 0.3) is 28.0 Å². The Morgan fingerprint density at radius 3 is 2.41 bits per heavy atom. The molecule has 1 aliphatic heterocycles. The third kappa shape index (κ3) is 5.29. The smallest absolute Gasteiger partial charge is 0.384 e. The zero-order valence-electron chi connectivity index (χ0n) is 24.6. The maximum Gasteiger partial charge on any atom is 0.418 e. The summed E-state index contributed by atoms with van der Waals surface area (Å²) in [5, 5.41) is -0.107. The monoisotopic (exact) mass is 625 g/mol. The molecule has 0 radical (unpaired) electrons. The molecule has 1 aliphatic rings. The van der Waals surface area contributed by atoms with Crippen LogP contribution in [0.3, 0.4) is 0 Å². The van der Waals surface area contributed by atoms with E-state index in [4.69, 9.17) is 17.3 Å². The fourth-order valence-corrected chi connectivity index (χ4v) is 6.16. The number of pyridine rings is 1. The van der Waals surface area contributed by atoms with Gasteiger partial charge < -0.3 is 15.2 Å². The summed E-state index contributed by atoms with van der Waals surface area (Å²) < 4.78 is 45.6. The fraction of sp³-hybridized carbons (Fsp3) is 0.312. The summed E-state index contributed by atoms with van der Waals surface area (Å²) in [6, 6.07) is 9.38. The molecule has 44 heavy (non-hydrogen) atoms. The lowest BCUT2D eigenvalue weighted by Gasteiger charge is -2.39. The molecule has 2 N–H and O–H groups in total. The number of aromatic nitrogens is 3. The minimum absolute atomic E-state index is 0.0560. The van der Waals surface area contributed by atoms with Crippen LogP contribution in [0.15, 0.2) is 58.6 Å². The largest absolute Gasteiger partial charge is 0.418 e. The maximum absolute atomic E-state index is 14.3. The lowest BCUT2D eigenvalue weighted by atomic mass is 9.97. The van der Waals surface area contributed by atoms with Crippen molar-refractivity contribution in [1.29, 1.82) is 0 Å². The number of nitrogen functional groups attached to an aromatic ring is 1. The minimum Gasteiger partial charge on any atom is -0.384 e. The van der Waals surface area contributed by atoms with Crippen molar-refractivity contribution in [3.63, 3.8) is 0 Å². The Hall–Kier alpha value is -4.38. The van der Waals surface area contributed by atoms with Crippen LogP contribution in [-0.2, 0) is 17.5 Å². The molecule has 2 aromatic carbocycles. The van der Waals surface area contributed by atoms with Gasteiger partial charge in [0.15, 0.2) is 0 Å². The lowest BCUT2D eigenvalue weighted by molar-refractivity contribution is -0.137. The number of halogens is 4. The van der Waals surface area contributed by atoms with Gasteiger partial charge in [0.2, 0.25) is 5.91 Å². The molecule has 0 saturated carbocycles. The van der Waals surface area contributed by atoms with Crippen molar-refractivity contribution in [2.45, 2.75) is 46.3 Å². The number of benzene rings is 2. The van der Waals surface area contributed by atoms with Crippen LogP contribution in [0.5, 0.6) is 0 Å². The van der Waals surface area contributed by atoms with Crippen molar-refractivity contribution in [3.8, 4) is 16.9 Å². The van der Waals surface area contributed by atoms with Crippen molar-refractivity contribution >= 4 is 34.4 Å². The maximum atomic E-state index is 14.3. The minimum atomic E-state index is -4.78. The Bertz CT molecular complexity index is 1960. The normalized spacial score (nSPS) is 13.9. The summed E-state index contributed by atoms with van der Waals surface area (Å²) in [6.07, 6.45) is -3.58. The van der Waals surface area contributed by atoms with Crippen LogP contribution in [0.1, 0.15) is 42.0 Å². The number of nitrogens with zero attached hydrogens (tertiary/aromatic N) is 4. The summed E-state index contributed by atoms with van der Waals surface area (Å²) in [5.41, 5.74) is 4.86. The van der Waals surface area contributed by atoms with Crippen molar-refractivity contribution in [1.82, 2.24) is 19.0 Å². The van der Waals surface area contributed by atoms with Crippen molar-refractivity contribution in [2.24, 2.45) is 5.92 Å². The molecular formula is C32H31ClF3N5O3. The predicted octanol–water partition coefficient (Wildman–Crippen LogP) is 5.85. The highest BCUT2D eigenvalue weighted by Gasteiger charge is 2.38. The average molecular weight is 626 g/mol. The van der Waals surface area contributed by atoms with Gasteiger partial charge in [0, 0.05) is 31.1 Å². The molecule has 230 valence electrons. The topological polar surface area (TPSA) is 103 Å². The molecule has 1 amide bonds. The van der Waals surface area contributed by atoms with Crippen molar-refractivity contribution in [3.05, 3.63) is 97.0 Å². The van der Waals surface area contributed by atoms with Gasteiger partial charge in [0.1, 0.15) is 5.82 Å². The first-order chi connectivity index (χ1) is 20.6. The summed E-state index contributed by atoms with van der Waals surface area (Å²) in [6.45, 7) is 11.3. The molecule has 4 aromatic rings. The van der Waals surface area contributed by atoms with Gasteiger partial charge in [0.05, 0.1) is 33.0 Å². The molecule has 3 heterocycles. The molecule has 1 fully saturated rings. The predicted molar refractivity (Wildman–Crippen MR) is 165 cm³/mol. The van der Waals surface area contributed by atoms with E-state index in [0.717, 1.165) is 11.6 Å². The fourth-order valence-electron chi connectivity index (χ4n) is 5.92. The van der Waals surface area contributed by atoms with Crippen LogP contribution in [0.2, 0.25) is 5.02 Å². The van der Waals surface area contributed by atoms with Gasteiger partial charge in [-0.1, -0.05) is 50.2 Å². The molecular weight excluding hydrogens is 595 g/mol. The van der Waals surface area contributed by atoms with Gasteiger partial charge in [-0.05, 0) is 60.7 Å². The molecule has 2 aromatic heterocycles. The molecule has 0 atom stereocenters. The van der Waals surface area contributed by atoms with Gasteiger partial charge in [-0.25, -0.2) is 4.98 Å². The number of likely N-dealkylation sites (tertiary alicyclic amines) is 1. The second-order valence-corrected chi connectivity index (χ2v) is 11.9. The van der Waals surface area contributed by atoms with E-state index in [0.29, 0.717) is 24.3 Å². The summed E-state index contributed by atoms with van der Waals surface area (Å²) in [7, 11) is 0. The SMILES string of the molecule is C=CC(=O)N1CC(Cn2c(=O)c(=O)n(-c3c(C)cccc3C(C)C)c3cc(-c4nc(N)cc(C)c4C(F)(F)F)c(Cl)cc32)C1. The highest BCUT2D eigenvalue weighted by atomic mass is 35.5. The quantitative estimate of drug-likeness (QED) is 0.214. The first-order valence-electron chi connectivity index (χ1n) is 14.0. The Morgan fingerprint density at radius 1 is 1.11 bits per heavy atom. The number of carbonyl (C=O) groups is 1. The van der Waals surface area contributed by atoms with E-state index in [9.17, 15) is 27.6 Å². The van der Waals surface area contributed by atoms with E-state index < -0.39 is 28.6 Å². The van der Waals surface area contributed by atoms with Gasteiger partial charge in [-0.15, -0.1) is 0 Å². The van der Waals surface area contributed by atoms with Gasteiger partial charge in [0.25, 0.3) is 0 Å². The highest BCUT2D eigenvalue weighted by molar-refractivity contribution is 6.34. The molecule has 0 bridgehead atoms. The van der Waals surface area contributed by atoms with E-state index in [1.54, 1.807) is 17.9 Å². The number of aryl methyl sites for hydroxylation is 2. The summed E-state index contributed by atoms with van der Waals surface area (Å²) in [5.74, 6) is -0.575. The van der Waals surface area contributed by atoms with Crippen LogP contribution >= 0.6 is 11.6 Å². The second-order valence-electron chi connectivity index (χ2n) is 11.4.